The Balaban J connectivity index is 2.47. The Bertz CT molecular complexity index is 610. The highest BCUT2D eigenvalue weighted by atomic mass is 32.2. The lowest BCUT2D eigenvalue weighted by atomic mass is 10.2. The van der Waals surface area contributed by atoms with Crippen LogP contribution in [0.3, 0.4) is 0 Å². The summed E-state index contributed by atoms with van der Waals surface area (Å²) < 4.78 is 32.0. The molecule has 136 valence electrons. The first kappa shape index (κ1) is 20.6. The lowest BCUT2D eigenvalue weighted by Gasteiger charge is -2.10. The minimum absolute atomic E-state index is 0.148. The zero-order chi connectivity index (χ0) is 18.2. The largest absolute Gasteiger partial charge is 0.381 e. The van der Waals surface area contributed by atoms with Crippen LogP contribution in [0.1, 0.15) is 44.5 Å². The molecule has 7 heteroatoms. The summed E-state index contributed by atoms with van der Waals surface area (Å²) in [5.74, 6) is 0.277. The molecule has 1 rings (SSSR count). The Morgan fingerprint density at radius 2 is 1.75 bits per heavy atom. The van der Waals surface area contributed by atoms with Gasteiger partial charge in [-0.3, -0.25) is 4.79 Å². The lowest BCUT2D eigenvalue weighted by molar-refractivity contribution is 0.0925. The molecule has 2 N–H and O–H groups in total. The molecule has 0 heterocycles. The number of rotatable bonds is 10. The predicted molar refractivity (Wildman–Crippen MR) is 94.5 cm³/mol. The molecule has 0 bridgehead atoms. The van der Waals surface area contributed by atoms with E-state index in [4.69, 9.17) is 4.74 Å². The van der Waals surface area contributed by atoms with Crippen molar-refractivity contribution in [1.82, 2.24) is 10.0 Å². The van der Waals surface area contributed by atoms with Gasteiger partial charge in [-0.1, -0.05) is 13.8 Å². The van der Waals surface area contributed by atoms with Crippen molar-refractivity contribution in [2.75, 3.05) is 19.8 Å². The molecule has 0 aliphatic rings. The van der Waals surface area contributed by atoms with Gasteiger partial charge in [0, 0.05) is 31.4 Å². The summed E-state index contributed by atoms with van der Waals surface area (Å²) >= 11 is 0. The maximum Gasteiger partial charge on any atom is 0.251 e. The second kappa shape index (κ2) is 9.76. The Hall–Kier alpha value is -1.44. The van der Waals surface area contributed by atoms with Crippen LogP contribution in [0.25, 0.3) is 0 Å². The maximum atomic E-state index is 12.0. The molecule has 0 unspecified atom stereocenters. The van der Waals surface area contributed by atoms with Crippen molar-refractivity contribution in [2.24, 2.45) is 5.92 Å². The summed E-state index contributed by atoms with van der Waals surface area (Å²) in [6, 6.07) is 5.71. The van der Waals surface area contributed by atoms with Gasteiger partial charge < -0.3 is 10.1 Å². The second-order valence-corrected chi connectivity index (χ2v) is 8.09. The van der Waals surface area contributed by atoms with Crippen LogP contribution >= 0.6 is 0 Å². The summed E-state index contributed by atoms with van der Waals surface area (Å²) in [5, 5.41) is 2.79. The molecule has 0 saturated heterocycles. The van der Waals surface area contributed by atoms with Gasteiger partial charge in [-0.15, -0.1) is 0 Å². The summed E-state index contributed by atoms with van der Waals surface area (Å²) in [6.45, 7) is 9.52. The smallest absolute Gasteiger partial charge is 0.251 e. The van der Waals surface area contributed by atoms with E-state index in [1.807, 2.05) is 0 Å². The Morgan fingerprint density at radius 3 is 2.29 bits per heavy atom. The van der Waals surface area contributed by atoms with Crippen molar-refractivity contribution in [3.63, 3.8) is 0 Å². The summed E-state index contributed by atoms with van der Waals surface area (Å²) in [4.78, 5) is 12.2. The number of carbonyl (C=O) groups is 1. The summed E-state index contributed by atoms with van der Waals surface area (Å²) in [6.07, 6.45) is 0.739. The van der Waals surface area contributed by atoms with Crippen molar-refractivity contribution in [3.05, 3.63) is 29.8 Å². The number of amides is 1. The zero-order valence-electron chi connectivity index (χ0n) is 14.8. The monoisotopic (exact) mass is 356 g/mol. The molecule has 0 saturated carbocycles. The van der Waals surface area contributed by atoms with Crippen molar-refractivity contribution < 1.29 is 17.9 Å². The number of carbonyl (C=O) groups excluding carboxylic acids is 1. The first-order chi connectivity index (χ1) is 11.2. The van der Waals surface area contributed by atoms with Gasteiger partial charge in [0.05, 0.1) is 4.90 Å². The van der Waals surface area contributed by atoms with Crippen LogP contribution < -0.4 is 10.0 Å². The fraction of sp³-hybridized carbons (Fsp3) is 0.588. The molecule has 0 aliphatic carbocycles. The van der Waals surface area contributed by atoms with E-state index in [2.05, 4.69) is 23.9 Å². The van der Waals surface area contributed by atoms with Gasteiger partial charge in [0.1, 0.15) is 0 Å². The Labute approximate surface area is 145 Å². The Kier molecular flexibility index (Phi) is 8.38. The van der Waals surface area contributed by atoms with E-state index >= 15 is 0 Å². The normalized spacial score (nSPS) is 11.9. The quantitative estimate of drug-likeness (QED) is 0.629. The minimum Gasteiger partial charge on any atom is -0.381 e. The van der Waals surface area contributed by atoms with Crippen molar-refractivity contribution in [1.29, 1.82) is 0 Å². The highest BCUT2D eigenvalue weighted by Gasteiger charge is 2.15. The van der Waals surface area contributed by atoms with Gasteiger partial charge in [0.2, 0.25) is 10.0 Å². The van der Waals surface area contributed by atoms with Gasteiger partial charge in [0.25, 0.3) is 5.91 Å². The van der Waals surface area contributed by atoms with Gasteiger partial charge in [-0.05, 0) is 50.5 Å². The van der Waals surface area contributed by atoms with Crippen LogP contribution in [-0.2, 0) is 14.8 Å². The van der Waals surface area contributed by atoms with Crippen LogP contribution in [0.4, 0.5) is 0 Å². The van der Waals surface area contributed by atoms with Gasteiger partial charge in [-0.25, -0.2) is 13.1 Å². The topological polar surface area (TPSA) is 84.5 Å². The average molecular weight is 356 g/mol. The van der Waals surface area contributed by atoms with E-state index in [9.17, 15) is 13.2 Å². The van der Waals surface area contributed by atoms with E-state index in [-0.39, 0.29) is 16.8 Å². The molecule has 1 aromatic carbocycles. The summed E-state index contributed by atoms with van der Waals surface area (Å²) in [5.41, 5.74) is 0.432. The molecule has 1 amide bonds. The molecule has 0 aromatic heterocycles. The van der Waals surface area contributed by atoms with Crippen molar-refractivity contribution in [3.8, 4) is 0 Å². The SMILES string of the molecule is CC(C)COCCCNC(=O)c1ccc(S(=O)(=O)NC(C)C)cc1. The highest BCUT2D eigenvalue weighted by molar-refractivity contribution is 7.89. The van der Waals surface area contributed by atoms with Crippen LogP contribution in [0, 0.1) is 5.92 Å². The first-order valence-electron chi connectivity index (χ1n) is 8.20. The minimum atomic E-state index is -3.53. The van der Waals surface area contributed by atoms with Crippen LogP contribution in [-0.4, -0.2) is 40.1 Å². The predicted octanol–water partition coefficient (Wildman–Crippen LogP) is 2.17. The highest BCUT2D eigenvalue weighted by Crippen LogP contribution is 2.11. The molecule has 0 aliphatic heterocycles. The first-order valence-corrected chi connectivity index (χ1v) is 9.69. The molecule has 0 fully saturated rings. The molecule has 6 nitrogen and oxygen atoms in total. The molecule has 0 spiro atoms. The number of hydrogen-bond acceptors (Lipinski definition) is 4. The molecule has 24 heavy (non-hydrogen) atoms. The maximum absolute atomic E-state index is 12.0. The number of benzene rings is 1. The lowest BCUT2D eigenvalue weighted by Crippen LogP contribution is -2.30. The molecular weight excluding hydrogens is 328 g/mol. The third kappa shape index (κ3) is 7.42. The zero-order valence-corrected chi connectivity index (χ0v) is 15.7. The Morgan fingerprint density at radius 1 is 1.12 bits per heavy atom. The van der Waals surface area contributed by atoms with E-state index in [0.717, 1.165) is 6.42 Å². The van der Waals surface area contributed by atoms with E-state index in [1.165, 1.54) is 24.3 Å². The van der Waals surface area contributed by atoms with Crippen LogP contribution in [0.5, 0.6) is 0 Å². The fourth-order valence-electron chi connectivity index (χ4n) is 1.96. The van der Waals surface area contributed by atoms with E-state index in [1.54, 1.807) is 13.8 Å². The van der Waals surface area contributed by atoms with E-state index < -0.39 is 10.0 Å². The number of nitrogens with one attached hydrogen (secondary N) is 2. The number of hydrogen-bond donors (Lipinski definition) is 2. The van der Waals surface area contributed by atoms with Gasteiger partial charge >= 0.3 is 0 Å². The summed E-state index contributed by atoms with van der Waals surface area (Å²) in [7, 11) is -3.53. The number of ether oxygens (including phenoxy) is 1. The van der Waals surface area contributed by atoms with Gasteiger partial charge in [-0.2, -0.15) is 0 Å². The third-order valence-electron chi connectivity index (χ3n) is 3.02. The fourth-order valence-corrected chi connectivity index (χ4v) is 3.21. The standard InChI is InChI=1S/C17H28N2O4S/c1-13(2)12-23-11-5-10-18-17(20)15-6-8-16(9-7-15)24(21,22)19-14(3)4/h6-9,13-14,19H,5,10-12H2,1-4H3,(H,18,20). The molecule has 0 radical (unpaired) electrons. The number of sulfonamides is 1. The van der Waals surface area contributed by atoms with Gasteiger partial charge in [0.15, 0.2) is 0 Å². The molecule has 1 aromatic rings. The van der Waals surface area contributed by atoms with Crippen molar-refractivity contribution in [2.45, 2.75) is 45.1 Å². The molecule has 0 atom stereocenters. The second-order valence-electron chi connectivity index (χ2n) is 6.38. The van der Waals surface area contributed by atoms with Crippen LogP contribution in [0.2, 0.25) is 0 Å². The average Bonchev–Trinajstić information content (AvgIpc) is 2.49. The van der Waals surface area contributed by atoms with E-state index in [0.29, 0.717) is 31.2 Å². The molecular formula is C17H28N2O4S. The third-order valence-corrected chi connectivity index (χ3v) is 4.69. The van der Waals surface area contributed by atoms with Crippen LogP contribution in [0.15, 0.2) is 29.2 Å². The van der Waals surface area contributed by atoms with Crippen molar-refractivity contribution >= 4 is 15.9 Å².